The summed E-state index contributed by atoms with van der Waals surface area (Å²) in [5.41, 5.74) is 6.77. The first kappa shape index (κ1) is 22.5. The fourth-order valence-electron chi connectivity index (χ4n) is 4.31. The van der Waals surface area contributed by atoms with E-state index < -0.39 is 0 Å². The molecule has 27 heavy (non-hydrogen) atoms. The predicted octanol–water partition coefficient (Wildman–Crippen LogP) is 8.97. The molecule has 0 saturated heterocycles. The minimum Gasteiger partial charge on any atom is -0.0654 e. The molecule has 150 valence electrons. The first-order valence-corrected chi connectivity index (χ1v) is 12.2. The molecule has 0 fully saturated rings. The van der Waals surface area contributed by atoms with Gasteiger partial charge in [-0.2, -0.15) is 0 Å². The lowest BCUT2D eigenvalue weighted by molar-refractivity contribution is 0.724. The maximum absolute atomic E-state index is 3.75. The van der Waals surface area contributed by atoms with Crippen LogP contribution >= 0.6 is 15.9 Å². The van der Waals surface area contributed by atoms with Crippen LogP contribution in [-0.4, -0.2) is 0 Å². The van der Waals surface area contributed by atoms with Crippen molar-refractivity contribution < 1.29 is 0 Å². The van der Waals surface area contributed by atoms with Gasteiger partial charge in [0.25, 0.3) is 0 Å². The van der Waals surface area contributed by atoms with Gasteiger partial charge in [0.15, 0.2) is 0 Å². The van der Waals surface area contributed by atoms with E-state index in [-0.39, 0.29) is 0 Å². The van der Waals surface area contributed by atoms with Crippen molar-refractivity contribution in [3.05, 3.63) is 44.9 Å². The van der Waals surface area contributed by atoms with E-state index in [1.165, 1.54) is 92.3 Å². The molecule has 2 aromatic carbocycles. The molecular formula is C26H39Br. The lowest BCUT2D eigenvalue weighted by Crippen LogP contribution is -2.08. The average molecular weight is 432 g/mol. The molecule has 0 aliphatic heterocycles. The number of benzene rings is 2. The van der Waals surface area contributed by atoms with Crippen molar-refractivity contribution in [2.24, 2.45) is 0 Å². The van der Waals surface area contributed by atoms with Crippen molar-refractivity contribution >= 4 is 26.7 Å². The van der Waals surface area contributed by atoms with E-state index in [0.717, 1.165) is 0 Å². The van der Waals surface area contributed by atoms with Gasteiger partial charge >= 0.3 is 0 Å². The summed E-state index contributed by atoms with van der Waals surface area (Å²) in [6, 6.07) is 7.03. The molecule has 0 N–H and O–H groups in total. The van der Waals surface area contributed by atoms with Crippen molar-refractivity contribution in [2.75, 3.05) is 0 Å². The van der Waals surface area contributed by atoms with Gasteiger partial charge in [-0.1, -0.05) is 75.4 Å². The Morgan fingerprint density at radius 3 is 1.41 bits per heavy atom. The third-order valence-electron chi connectivity index (χ3n) is 5.85. The van der Waals surface area contributed by atoms with Gasteiger partial charge in [-0.15, -0.1) is 0 Å². The molecule has 0 bridgehead atoms. The highest BCUT2D eigenvalue weighted by Gasteiger charge is 2.18. The van der Waals surface area contributed by atoms with Crippen LogP contribution in [0.2, 0.25) is 0 Å². The maximum atomic E-state index is 3.75. The largest absolute Gasteiger partial charge is 0.0654 e. The van der Waals surface area contributed by atoms with Crippen LogP contribution < -0.4 is 0 Å². The average Bonchev–Trinajstić information content (AvgIpc) is 2.68. The van der Waals surface area contributed by atoms with Crippen LogP contribution in [0.15, 0.2) is 22.7 Å². The Kier molecular flexibility index (Phi) is 9.90. The Balaban J connectivity index is 2.75. The van der Waals surface area contributed by atoms with E-state index >= 15 is 0 Å². The maximum Gasteiger partial charge on any atom is 0.0181 e. The van der Waals surface area contributed by atoms with Crippen molar-refractivity contribution in [3.8, 4) is 0 Å². The zero-order chi connectivity index (χ0) is 19.6. The van der Waals surface area contributed by atoms with Crippen molar-refractivity contribution in [3.63, 3.8) is 0 Å². The van der Waals surface area contributed by atoms with Crippen LogP contribution in [0.1, 0.15) is 101 Å². The molecule has 0 spiro atoms. The summed E-state index contributed by atoms with van der Waals surface area (Å²) in [7, 11) is 0. The Labute approximate surface area is 176 Å². The molecule has 0 aromatic heterocycles. The molecule has 2 rings (SSSR count). The number of aryl methyl sites for hydroxylation is 2. The summed E-state index contributed by atoms with van der Waals surface area (Å²) >= 11 is 3.75. The highest BCUT2D eigenvalue weighted by molar-refractivity contribution is 9.10. The van der Waals surface area contributed by atoms with E-state index in [2.05, 4.69) is 61.8 Å². The molecule has 0 unspecified atom stereocenters. The van der Waals surface area contributed by atoms with Gasteiger partial charge in [0.1, 0.15) is 0 Å². The van der Waals surface area contributed by atoms with Gasteiger partial charge in [0, 0.05) is 4.47 Å². The number of hydrogen-bond acceptors (Lipinski definition) is 0. The molecular weight excluding hydrogens is 392 g/mol. The highest BCUT2D eigenvalue weighted by Crippen LogP contribution is 2.36. The monoisotopic (exact) mass is 430 g/mol. The fourth-order valence-corrected chi connectivity index (χ4v) is 4.67. The second-order valence-corrected chi connectivity index (χ2v) is 8.93. The number of rotatable bonds is 12. The second-order valence-electron chi connectivity index (χ2n) is 8.02. The van der Waals surface area contributed by atoms with Crippen molar-refractivity contribution in [2.45, 2.75) is 105 Å². The minimum absolute atomic E-state index is 1.22. The molecule has 0 aliphatic rings. The summed E-state index contributed by atoms with van der Waals surface area (Å²) < 4.78 is 1.22. The molecule has 0 saturated carbocycles. The van der Waals surface area contributed by atoms with Crippen molar-refractivity contribution in [1.29, 1.82) is 0 Å². The first-order chi connectivity index (χ1) is 13.2. The van der Waals surface area contributed by atoms with E-state index in [1.54, 1.807) is 22.3 Å². The SMILES string of the molecule is CCCCc1c(CCCC)c(CCCC)c2cc(Br)ccc2c1CCCC. The molecule has 0 aliphatic carbocycles. The topological polar surface area (TPSA) is 0 Å². The normalized spacial score (nSPS) is 11.4. The number of hydrogen-bond donors (Lipinski definition) is 0. The number of fused-ring (bicyclic) bond motifs is 1. The van der Waals surface area contributed by atoms with Crippen LogP contribution in [0.4, 0.5) is 0 Å². The molecule has 1 heteroatoms. The fraction of sp³-hybridized carbons (Fsp3) is 0.615. The molecule has 0 nitrogen and oxygen atoms in total. The molecule has 2 aromatic rings. The smallest absolute Gasteiger partial charge is 0.0181 e. The standard InChI is InChI=1S/C26H39Br/c1-5-9-13-21-22(14-10-6-2)24(16-12-8-4)26-19-20(27)17-18-25(26)23(21)15-11-7-3/h17-19H,5-16H2,1-4H3. The minimum atomic E-state index is 1.22. The van der Waals surface area contributed by atoms with Crippen LogP contribution in [0.5, 0.6) is 0 Å². The summed E-state index contributed by atoms with van der Waals surface area (Å²) in [5.74, 6) is 0. The Morgan fingerprint density at radius 2 is 0.963 bits per heavy atom. The van der Waals surface area contributed by atoms with E-state index in [1.807, 2.05) is 0 Å². The highest BCUT2D eigenvalue weighted by atomic mass is 79.9. The van der Waals surface area contributed by atoms with E-state index in [4.69, 9.17) is 0 Å². The van der Waals surface area contributed by atoms with Crippen LogP contribution in [0.25, 0.3) is 10.8 Å². The van der Waals surface area contributed by atoms with Gasteiger partial charge in [-0.25, -0.2) is 0 Å². The van der Waals surface area contributed by atoms with Gasteiger partial charge in [0.2, 0.25) is 0 Å². The molecule has 0 radical (unpaired) electrons. The quantitative estimate of drug-likeness (QED) is 0.315. The zero-order valence-electron chi connectivity index (χ0n) is 18.1. The second kappa shape index (κ2) is 11.9. The lowest BCUT2D eigenvalue weighted by Gasteiger charge is -2.23. The Morgan fingerprint density at radius 1 is 0.556 bits per heavy atom. The summed E-state index contributed by atoms with van der Waals surface area (Å²) in [4.78, 5) is 0. The zero-order valence-corrected chi connectivity index (χ0v) is 19.7. The summed E-state index contributed by atoms with van der Waals surface area (Å²) in [5, 5.41) is 3.05. The van der Waals surface area contributed by atoms with Gasteiger partial charge in [0.05, 0.1) is 0 Å². The third kappa shape index (κ3) is 5.83. The predicted molar refractivity (Wildman–Crippen MR) is 126 cm³/mol. The first-order valence-electron chi connectivity index (χ1n) is 11.4. The lowest BCUT2D eigenvalue weighted by atomic mass is 9.82. The Bertz CT molecular complexity index is 714. The third-order valence-corrected chi connectivity index (χ3v) is 6.34. The van der Waals surface area contributed by atoms with Crippen LogP contribution in [0, 0.1) is 0 Å². The summed E-state index contributed by atoms with van der Waals surface area (Å²) in [6.07, 6.45) is 15.3. The van der Waals surface area contributed by atoms with Crippen LogP contribution in [-0.2, 0) is 25.7 Å². The number of unbranched alkanes of at least 4 members (excludes halogenated alkanes) is 4. The Hall–Kier alpha value is -0.820. The number of halogens is 1. The van der Waals surface area contributed by atoms with Crippen molar-refractivity contribution in [1.82, 2.24) is 0 Å². The molecule has 0 amide bonds. The molecule has 0 atom stereocenters. The van der Waals surface area contributed by atoms with E-state index in [9.17, 15) is 0 Å². The van der Waals surface area contributed by atoms with Gasteiger partial charge in [-0.3, -0.25) is 0 Å². The van der Waals surface area contributed by atoms with Gasteiger partial charge < -0.3 is 0 Å². The van der Waals surface area contributed by atoms with E-state index in [0.29, 0.717) is 0 Å². The molecule has 0 heterocycles. The summed E-state index contributed by atoms with van der Waals surface area (Å²) in [6.45, 7) is 9.29. The van der Waals surface area contributed by atoms with Crippen LogP contribution in [0.3, 0.4) is 0 Å². The van der Waals surface area contributed by atoms with Gasteiger partial charge in [-0.05, 0) is 96.5 Å².